The van der Waals surface area contributed by atoms with Crippen LogP contribution in [0.4, 0.5) is 0 Å². The first-order valence-corrected chi connectivity index (χ1v) is 5.81. The fraction of sp³-hybridized carbons (Fsp3) is 0.286. The Bertz CT molecular complexity index is 440. The Morgan fingerprint density at radius 2 is 2.11 bits per heavy atom. The van der Waals surface area contributed by atoms with Crippen molar-refractivity contribution in [2.24, 2.45) is 0 Å². The van der Waals surface area contributed by atoms with Gasteiger partial charge in [-0.3, -0.25) is 9.59 Å². The number of benzene rings is 1. The fourth-order valence-corrected chi connectivity index (χ4v) is 1.52. The fourth-order valence-electron chi connectivity index (χ4n) is 1.52. The van der Waals surface area contributed by atoms with Gasteiger partial charge in [-0.25, -0.2) is 0 Å². The van der Waals surface area contributed by atoms with E-state index in [2.05, 4.69) is 11.9 Å². The van der Waals surface area contributed by atoms with Crippen LogP contribution < -0.4 is 5.32 Å². The van der Waals surface area contributed by atoms with Crippen molar-refractivity contribution in [3.05, 3.63) is 42.0 Å². The summed E-state index contributed by atoms with van der Waals surface area (Å²) in [5, 5.41) is 11.2. The lowest BCUT2D eigenvalue weighted by Gasteiger charge is -2.05. The summed E-state index contributed by atoms with van der Waals surface area (Å²) >= 11 is 0. The minimum absolute atomic E-state index is 0.0272. The Morgan fingerprint density at radius 3 is 2.78 bits per heavy atom. The molecular formula is C14H17NO3. The first-order valence-electron chi connectivity index (χ1n) is 5.81. The van der Waals surface area contributed by atoms with Gasteiger partial charge in [0.1, 0.15) is 0 Å². The molecule has 0 aliphatic carbocycles. The molecule has 0 bridgehead atoms. The second kappa shape index (κ2) is 7.27. The Kier molecular flexibility index (Phi) is 5.64. The number of hydrogen-bond donors (Lipinski definition) is 2. The highest BCUT2D eigenvalue weighted by Gasteiger charge is 2.03. The summed E-state index contributed by atoms with van der Waals surface area (Å²) in [6, 6.07) is 7.71. The van der Waals surface area contributed by atoms with E-state index in [1.54, 1.807) is 6.08 Å². The predicted molar refractivity (Wildman–Crippen MR) is 69.9 cm³/mol. The van der Waals surface area contributed by atoms with Gasteiger partial charge in [-0.2, -0.15) is 0 Å². The van der Waals surface area contributed by atoms with E-state index < -0.39 is 5.97 Å². The minimum Gasteiger partial charge on any atom is -0.481 e. The van der Waals surface area contributed by atoms with Gasteiger partial charge >= 0.3 is 5.97 Å². The van der Waals surface area contributed by atoms with Gasteiger partial charge < -0.3 is 10.4 Å². The maximum Gasteiger partial charge on any atom is 0.303 e. The second-order valence-corrected chi connectivity index (χ2v) is 3.97. The number of carbonyl (C=O) groups is 2. The molecule has 0 radical (unpaired) electrons. The van der Waals surface area contributed by atoms with Crippen LogP contribution in [0.25, 0.3) is 6.08 Å². The Hall–Kier alpha value is -2.10. The standard InChI is InChI=1S/C14H17NO3/c1-2-11-5-3-6-12(9-11)10-15-13(16)7-4-8-14(17)18/h2-3,5-6,9H,1,4,7-8,10H2,(H,15,16)(H,17,18). The van der Waals surface area contributed by atoms with Crippen LogP contribution >= 0.6 is 0 Å². The molecule has 1 aromatic rings. The van der Waals surface area contributed by atoms with E-state index in [0.717, 1.165) is 11.1 Å². The molecule has 18 heavy (non-hydrogen) atoms. The van der Waals surface area contributed by atoms with E-state index in [1.807, 2.05) is 24.3 Å². The molecule has 0 spiro atoms. The van der Waals surface area contributed by atoms with Gasteiger partial charge in [0.25, 0.3) is 0 Å². The molecule has 0 unspecified atom stereocenters. The Labute approximate surface area is 106 Å². The molecule has 1 amide bonds. The van der Waals surface area contributed by atoms with E-state index in [0.29, 0.717) is 13.0 Å². The zero-order valence-corrected chi connectivity index (χ0v) is 10.2. The average Bonchev–Trinajstić information content (AvgIpc) is 2.36. The van der Waals surface area contributed by atoms with Gasteiger partial charge in [0.2, 0.25) is 5.91 Å². The van der Waals surface area contributed by atoms with Gasteiger partial charge in [0.05, 0.1) is 0 Å². The molecular weight excluding hydrogens is 230 g/mol. The monoisotopic (exact) mass is 247 g/mol. The van der Waals surface area contributed by atoms with Crippen molar-refractivity contribution in [2.75, 3.05) is 0 Å². The number of carbonyl (C=O) groups excluding carboxylic acids is 1. The van der Waals surface area contributed by atoms with Crippen LogP contribution in [0.3, 0.4) is 0 Å². The van der Waals surface area contributed by atoms with Gasteiger partial charge in [-0.05, 0) is 23.6 Å². The number of hydrogen-bond acceptors (Lipinski definition) is 2. The van der Waals surface area contributed by atoms with Gasteiger partial charge in [0, 0.05) is 19.4 Å². The summed E-state index contributed by atoms with van der Waals surface area (Å²) in [7, 11) is 0. The zero-order valence-electron chi connectivity index (χ0n) is 10.2. The molecule has 0 aromatic heterocycles. The molecule has 0 aliphatic rings. The minimum atomic E-state index is -0.874. The largest absolute Gasteiger partial charge is 0.481 e. The zero-order chi connectivity index (χ0) is 13.4. The van der Waals surface area contributed by atoms with Crippen molar-refractivity contribution in [1.82, 2.24) is 5.32 Å². The molecule has 1 rings (SSSR count). The maximum atomic E-state index is 11.4. The van der Waals surface area contributed by atoms with Crippen LogP contribution in [-0.2, 0) is 16.1 Å². The first-order chi connectivity index (χ1) is 8.61. The molecule has 0 atom stereocenters. The van der Waals surface area contributed by atoms with Gasteiger partial charge in [-0.15, -0.1) is 0 Å². The number of nitrogens with one attached hydrogen (secondary N) is 1. The molecule has 2 N–H and O–H groups in total. The number of carboxylic acids is 1. The van der Waals surface area contributed by atoms with E-state index in [-0.39, 0.29) is 18.7 Å². The second-order valence-electron chi connectivity index (χ2n) is 3.97. The van der Waals surface area contributed by atoms with E-state index in [1.165, 1.54) is 0 Å². The number of rotatable bonds is 7. The van der Waals surface area contributed by atoms with Crippen molar-refractivity contribution in [3.63, 3.8) is 0 Å². The molecule has 96 valence electrons. The average molecular weight is 247 g/mol. The Balaban J connectivity index is 2.33. The lowest BCUT2D eigenvalue weighted by Crippen LogP contribution is -2.22. The van der Waals surface area contributed by atoms with Gasteiger partial charge in [0.15, 0.2) is 0 Å². The normalized spacial score (nSPS) is 9.78. The quantitative estimate of drug-likeness (QED) is 0.776. The van der Waals surface area contributed by atoms with Crippen LogP contribution in [0.2, 0.25) is 0 Å². The molecule has 0 heterocycles. The highest BCUT2D eigenvalue weighted by Crippen LogP contribution is 2.06. The van der Waals surface area contributed by atoms with E-state index >= 15 is 0 Å². The topological polar surface area (TPSA) is 66.4 Å². The molecule has 0 saturated heterocycles. The van der Waals surface area contributed by atoms with Crippen molar-refractivity contribution < 1.29 is 14.7 Å². The SMILES string of the molecule is C=Cc1cccc(CNC(=O)CCCC(=O)O)c1. The maximum absolute atomic E-state index is 11.4. The molecule has 4 heteroatoms. The highest BCUT2D eigenvalue weighted by atomic mass is 16.4. The lowest BCUT2D eigenvalue weighted by atomic mass is 10.1. The predicted octanol–water partition coefficient (Wildman–Crippen LogP) is 2.20. The molecule has 1 aromatic carbocycles. The summed E-state index contributed by atoms with van der Waals surface area (Å²) in [5.41, 5.74) is 2.01. The summed E-state index contributed by atoms with van der Waals surface area (Å²) in [6.45, 7) is 4.13. The smallest absolute Gasteiger partial charge is 0.303 e. The van der Waals surface area contributed by atoms with Crippen molar-refractivity contribution >= 4 is 18.0 Å². The van der Waals surface area contributed by atoms with E-state index in [4.69, 9.17) is 5.11 Å². The third kappa shape index (κ3) is 5.30. The highest BCUT2D eigenvalue weighted by molar-refractivity contribution is 5.76. The summed E-state index contributed by atoms with van der Waals surface area (Å²) in [6.07, 6.45) is 2.39. The molecule has 0 fully saturated rings. The van der Waals surface area contributed by atoms with Gasteiger partial charge in [-0.1, -0.05) is 30.9 Å². The first kappa shape index (κ1) is 14.0. The van der Waals surface area contributed by atoms with Crippen LogP contribution in [-0.4, -0.2) is 17.0 Å². The molecule has 0 aliphatic heterocycles. The third-order valence-electron chi connectivity index (χ3n) is 2.47. The van der Waals surface area contributed by atoms with E-state index in [9.17, 15) is 9.59 Å². The molecule has 4 nitrogen and oxygen atoms in total. The summed E-state index contributed by atoms with van der Waals surface area (Å²) < 4.78 is 0. The third-order valence-corrected chi connectivity index (χ3v) is 2.47. The summed E-state index contributed by atoms with van der Waals surface area (Å²) in [4.78, 5) is 21.7. The van der Waals surface area contributed by atoms with Crippen LogP contribution in [0, 0.1) is 0 Å². The van der Waals surface area contributed by atoms with Crippen molar-refractivity contribution in [3.8, 4) is 0 Å². The van der Waals surface area contributed by atoms with Crippen molar-refractivity contribution in [2.45, 2.75) is 25.8 Å². The van der Waals surface area contributed by atoms with Crippen molar-refractivity contribution in [1.29, 1.82) is 0 Å². The molecule has 0 saturated carbocycles. The Morgan fingerprint density at radius 1 is 1.33 bits per heavy atom. The van der Waals surface area contributed by atoms with Crippen LogP contribution in [0.1, 0.15) is 30.4 Å². The number of carboxylic acid groups (broad SMARTS) is 1. The summed E-state index contributed by atoms with van der Waals surface area (Å²) in [5.74, 6) is -0.998. The van der Waals surface area contributed by atoms with Crippen LogP contribution in [0.5, 0.6) is 0 Å². The number of aliphatic carboxylic acids is 1. The lowest BCUT2D eigenvalue weighted by molar-refractivity contribution is -0.137. The van der Waals surface area contributed by atoms with Crippen LogP contribution in [0.15, 0.2) is 30.8 Å². The number of amides is 1.